The summed E-state index contributed by atoms with van der Waals surface area (Å²) in [6.07, 6.45) is 9.60. The molecular formula is C17H32OSi. The smallest absolute Gasteiger partial charge is 0.241 e. The van der Waals surface area contributed by atoms with Gasteiger partial charge in [0.25, 0.3) is 0 Å². The number of hydrogen-bond acceptors (Lipinski definition) is 1. The lowest BCUT2D eigenvalue weighted by Gasteiger charge is -2.38. The third kappa shape index (κ3) is 5.98. The van der Waals surface area contributed by atoms with Crippen LogP contribution in [0.4, 0.5) is 0 Å². The Morgan fingerprint density at radius 1 is 1.37 bits per heavy atom. The van der Waals surface area contributed by atoms with Gasteiger partial charge < -0.3 is 4.43 Å². The SMILES string of the molecule is CC(C)=CCCC1C=C(O[Si](C)(C)C)CCC1(C)C. The first-order valence-corrected chi connectivity index (χ1v) is 11.0. The maximum atomic E-state index is 6.21. The van der Waals surface area contributed by atoms with Crippen molar-refractivity contribution in [2.24, 2.45) is 11.3 Å². The molecule has 0 bridgehead atoms. The maximum Gasteiger partial charge on any atom is 0.241 e. The van der Waals surface area contributed by atoms with Crippen LogP contribution in [-0.4, -0.2) is 8.32 Å². The van der Waals surface area contributed by atoms with E-state index in [2.05, 4.69) is 59.5 Å². The summed E-state index contributed by atoms with van der Waals surface area (Å²) in [5, 5.41) is 0. The Balaban J connectivity index is 2.72. The van der Waals surface area contributed by atoms with Gasteiger partial charge in [-0.1, -0.05) is 25.5 Å². The lowest BCUT2D eigenvalue weighted by Crippen LogP contribution is -2.31. The molecule has 1 unspecified atom stereocenters. The molecule has 0 aromatic heterocycles. The van der Waals surface area contributed by atoms with Gasteiger partial charge in [0.1, 0.15) is 0 Å². The van der Waals surface area contributed by atoms with E-state index < -0.39 is 8.32 Å². The van der Waals surface area contributed by atoms with Crippen LogP contribution in [0.15, 0.2) is 23.5 Å². The molecule has 1 nitrogen and oxygen atoms in total. The lowest BCUT2D eigenvalue weighted by atomic mass is 9.70. The molecule has 1 aliphatic carbocycles. The van der Waals surface area contributed by atoms with E-state index in [0.717, 1.165) is 6.42 Å². The van der Waals surface area contributed by atoms with Gasteiger partial charge in [0.15, 0.2) is 0 Å². The third-order valence-corrected chi connectivity index (χ3v) is 4.75. The van der Waals surface area contributed by atoms with Crippen molar-refractivity contribution in [3.05, 3.63) is 23.5 Å². The monoisotopic (exact) mass is 280 g/mol. The first kappa shape index (κ1) is 16.6. The van der Waals surface area contributed by atoms with Gasteiger partial charge in [-0.2, -0.15) is 0 Å². The highest BCUT2D eigenvalue weighted by atomic mass is 28.4. The second kappa shape index (κ2) is 6.30. The van der Waals surface area contributed by atoms with E-state index in [-0.39, 0.29) is 0 Å². The standard InChI is InChI=1S/C17H32OSi/c1-14(2)9-8-10-15-13-16(18-19(5,6)7)11-12-17(15,3)4/h9,13,15H,8,10-12H2,1-7H3. The Morgan fingerprint density at radius 3 is 2.53 bits per heavy atom. The fraction of sp³-hybridized carbons (Fsp3) is 0.765. The van der Waals surface area contributed by atoms with Gasteiger partial charge in [-0.3, -0.25) is 0 Å². The van der Waals surface area contributed by atoms with Crippen molar-refractivity contribution in [1.82, 2.24) is 0 Å². The summed E-state index contributed by atoms with van der Waals surface area (Å²) in [6, 6.07) is 0. The zero-order chi connectivity index (χ0) is 14.7. The molecule has 1 atom stereocenters. The third-order valence-electron chi connectivity index (χ3n) is 3.87. The Hall–Kier alpha value is -0.503. The van der Waals surface area contributed by atoms with E-state index in [1.807, 2.05) is 0 Å². The zero-order valence-electron chi connectivity index (χ0n) is 14.0. The van der Waals surface area contributed by atoms with E-state index in [9.17, 15) is 0 Å². The second-order valence-corrected chi connectivity index (χ2v) is 12.2. The van der Waals surface area contributed by atoms with Crippen LogP contribution in [-0.2, 0) is 4.43 Å². The van der Waals surface area contributed by atoms with E-state index in [0.29, 0.717) is 11.3 Å². The van der Waals surface area contributed by atoms with Gasteiger partial charge in [0.2, 0.25) is 8.32 Å². The van der Waals surface area contributed by atoms with Crippen molar-refractivity contribution in [1.29, 1.82) is 0 Å². The molecule has 0 amide bonds. The van der Waals surface area contributed by atoms with Crippen molar-refractivity contribution < 1.29 is 4.43 Å². The van der Waals surface area contributed by atoms with Gasteiger partial charge in [0.05, 0.1) is 5.76 Å². The number of hydrogen-bond donors (Lipinski definition) is 0. The van der Waals surface area contributed by atoms with Crippen molar-refractivity contribution in [2.75, 3.05) is 0 Å². The predicted octanol–water partition coefficient (Wildman–Crippen LogP) is 5.90. The molecule has 2 heteroatoms. The summed E-state index contributed by atoms with van der Waals surface area (Å²) >= 11 is 0. The normalized spacial score (nSPS) is 22.7. The van der Waals surface area contributed by atoms with E-state index in [4.69, 9.17) is 4.43 Å². The van der Waals surface area contributed by atoms with Crippen LogP contribution in [0.3, 0.4) is 0 Å². The molecule has 0 saturated carbocycles. The molecule has 0 heterocycles. The van der Waals surface area contributed by atoms with Crippen molar-refractivity contribution in [3.63, 3.8) is 0 Å². The Kier molecular flexibility index (Phi) is 5.49. The molecule has 0 aromatic carbocycles. The highest BCUT2D eigenvalue weighted by Crippen LogP contribution is 2.42. The molecule has 0 spiro atoms. The summed E-state index contributed by atoms with van der Waals surface area (Å²) in [6.45, 7) is 16.0. The highest BCUT2D eigenvalue weighted by molar-refractivity contribution is 6.70. The average molecular weight is 281 g/mol. The summed E-state index contributed by atoms with van der Waals surface area (Å²) in [5.41, 5.74) is 1.85. The Labute approximate surface area is 121 Å². The zero-order valence-corrected chi connectivity index (χ0v) is 15.0. The molecule has 1 aliphatic rings. The number of rotatable bonds is 5. The van der Waals surface area contributed by atoms with Crippen LogP contribution < -0.4 is 0 Å². The minimum Gasteiger partial charge on any atom is -0.548 e. The molecule has 0 aliphatic heterocycles. The summed E-state index contributed by atoms with van der Waals surface area (Å²) in [4.78, 5) is 0. The van der Waals surface area contributed by atoms with Gasteiger partial charge >= 0.3 is 0 Å². The molecule has 0 aromatic rings. The van der Waals surface area contributed by atoms with Crippen molar-refractivity contribution in [2.45, 2.75) is 73.0 Å². The lowest BCUT2D eigenvalue weighted by molar-refractivity contribution is 0.190. The number of allylic oxidation sites excluding steroid dienone is 4. The van der Waals surface area contributed by atoms with Crippen LogP contribution >= 0.6 is 0 Å². The van der Waals surface area contributed by atoms with E-state index in [1.165, 1.54) is 30.6 Å². The topological polar surface area (TPSA) is 9.23 Å². The van der Waals surface area contributed by atoms with Crippen LogP contribution in [0.1, 0.15) is 53.4 Å². The quantitative estimate of drug-likeness (QED) is 0.449. The molecule has 19 heavy (non-hydrogen) atoms. The van der Waals surface area contributed by atoms with Gasteiger partial charge in [-0.25, -0.2) is 0 Å². The summed E-state index contributed by atoms with van der Waals surface area (Å²) in [5.74, 6) is 1.92. The molecule has 1 rings (SSSR count). The van der Waals surface area contributed by atoms with E-state index >= 15 is 0 Å². The molecular weight excluding hydrogens is 248 g/mol. The van der Waals surface area contributed by atoms with Crippen molar-refractivity contribution in [3.8, 4) is 0 Å². The van der Waals surface area contributed by atoms with Gasteiger partial charge in [-0.15, -0.1) is 0 Å². The largest absolute Gasteiger partial charge is 0.548 e. The maximum absolute atomic E-state index is 6.21. The first-order valence-electron chi connectivity index (χ1n) is 7.63. The summed E-state index contributed by atoms with van der Waals surface area (Å²) < 4.78 is 6.21. The van der Waals surface area contributed by atoms with Gasteiger partial charge in [0, 0.05) is 6.42 Å². The van der Waals surface area contributed by atoms with Crippen LogP contribution in [0, 0.1) is 11.3 Å². The molecule has 110 valence electrons. The summed E-state index contributed by atoms with van der Waals surface area (Å²) in [7, 11) is -1.45. The van der Waals surface area contributed by atoms with Crippen LogP contribution in [0.2, 0.25) is 19.6 Å². The first-order chi connectivity index (χ1) is 8.60. The molecule has 0 saturated heterocycles. The Morgan fingerprint density at radius 2 is 2.00 bits per heavy atom. The fourth-order valence-electron chi connectivity index (χ4n) is 2.67. The molecule has 0 N–H and O–H groups in total. The fourth-order valence-corrected chi connectivity index (χ4v) is 3.62. The van der Waals surface area contributed by atoms with Gasteiger partial charge in [-0.05, 0) is 70.2 Å². The predicted molar refractivity (Wildman–Crippen MR) is 87.7 cm³/mol. The minimum absolute atomic E-state index is 0.418. The minimum atomic E-state index is -1.45. The van der Waals surface area contributed by atoms with E-state index in [1.54, 1.807) is 0 Å². The Bertz CT molecular complexity index is 354. The second-order valence-electron chi connectivity index (χ2n) is 7.80. The average Bonchev–Trinajstić information content (AvgIpc) is 2.20. The molecule has 0 fully saturated rings. The van der Waals surface area contributed by atoms with Crippen LogP contribution in [0.25, 0.3) is 0 Å². The molecule has 0 radical (unpaired) electrons. The van der Waals surface area contributed by atoms with Crippen molar-refractivity contribution >= 4 is 8.32 Å². The highest BCUT2D eigenvalue weighted by Gasteiger charge is 2.32. The van der Waals surface area contributed by atoms with Crippen LogP contribution in [0.5, 0.6) is 0 Å².